The minimum absolute atomic E-state index is 0.805. The number of thiazole rings is 1. The molecular weight excluding hydrogens is 266 g/mol. The minimum Gasteiger partial charge on any atom is -0.324 e. The largest absolute Gasteiger partial charge is 0.324 e. The molecule has 0 saturated carbocycles. The number of hydrogen-bond acceptors (Lipinski definition) is 3. The molecule has 3 nitrogen and oxygen atoms in total. The Morgan fingerprint density at radius 2 is 2.00 bits per heavy atom. The van der Waals surface area contributed by atoms with Crippen LogP contribution in [0.3, 0.4) is 0 Å². The Morgan fingerprint density at radius 3 is 2.80 bits per heavy atom. The van der Waals surface area contributed by atoms with Crippen LogP contribution in [-0.2, 0) is 13.0 Å². The van der Waals surface area contributed by atoms with Crippen LogP contribution in [0.4, 0.5) is 0 Å². The summed E-state index contributed by atoms with van der Waals surface area (Å²) < 4.78 is 2.19. The molecule has 0 aliphatic carbocycles. The number of aromatic nitrogens is 3. The van der Waals surface area contributed by atoms with Gasteiger partial charge in [0.05, 0.1) is 34.6 Å². The topological polar surface area (TPSA) is 30.7 Å². The first-order valence-electron chi connectivity index (χ1n) is 7.02. The fourth-order valence-electron chi connectivity index (χ4n) is 2.36. The highest BCUT2D eigenvalue weighted by Gasteiger charge is 2.07. The van der Waals surface area contributed by atoms with Gasteiger partial charge in [-0.25, -0.2) is 9.97 Å². The molecule has 1 aromatic carbocycles. The normalized spacial score (nSPS) is 11.3. The maximum absolute atomic E-state index is 4.69. The number of aryl methyl sites for hydroxylation is 3. The van der Waals surface area contributed by atoms with E-state index in [9.17, 15) is 0 Å². The van der Waals surface area contributed by atoms with Crippen molar-refractivity contribution >= 4 is 22.4 Å². The smallest absolute Gasteiger partial charge is 0.0962 e. The summed E-state index contributed by atoms with van der Waals surface area (Å²) in [6, 6.07) is 4.38. The molecule has 2 heterocycles. The minimum atomic E-state index is 0.805. The predicted molar refractivity (Wildman–Crippen MR) is 84.4 cm³/mol. The van der Waals surface area contributed by atoms with Crippen molar-refractivity contribution in [3.63, 3.8) is 0 Å². The molecule has 2 aromatic heterocycles. The van der Waals surface area contributed by atoms with Crippen molar-refractivity contribution in [3.05, 3.63) is 45.7 Å². The molecule has 3 rings (SSSR count). The van der Waals surface area contributed by atoms with Gasteiger partial charge in [0.15, 0.2) is 0 Å². The number of imidazole rings is 1. The zero-order valence-electron chi connectivity index (χ0n) is 12.2. The Hall–Kier alpha value is -1.68. The molecule has 0 radical (unpaired) electrons. The molecule has 20 heavy (non-hydrogen) atoms. The third kappa shape index (κ3) is 2.48. The molecule has 104 valence electrons. The van der Waals surface area contributed by atoms with E-state index < -0.39 is 0 Å². The molecule has 4 heteroatoms. The molecule has 0 unspecified atom stereocenters. The molecule has 0 atom stereocenters. The second-order valence-electron chi connectivity index (χ2n) is 5.28. The van der Waals surface area contributed by atoms with Gasteiger partial charge in [0.25, 0.3) is 0 Å². The van der Waals surface area contributed by atoms with Gasteiger partial charge in [0.1, 0.15) is 0 Å². The third-order valence-electron chi connectivity index (χ3n) is 3.63. The van der Waals surface area contributed by atoms with Crippen molar-refractivity contribution in [3.8, 4) is 0 Å². The highest BCUT2D eigenvalue weighted by Crippen LogP contribution is 2.20. The van der Waals surface area contributed by atoms with Crippen LogP contribution >= 0.6 is 11.3 Å². The fourth-order valence-corrected chi connectivity index (χ4v) is 3.26. The number of nitrogens with zero attached hydrogens (tertiary/aromatic N) is 3. The number of benzene rings is 1. The van der Waals surface area contributed by atoms with E-state index in [-0.39, 0.29) is 0 Å². The summed E-state index contributed by atoms with van der Waals surface area (Å²) in [6.45, 7) is 7.27. The lowest BCUT2D eigenvalue weighted by molar-refractivity contribution is 0.792. The van der Waals surface area contributed by atoms with Crippen molar-refractivity contribution in [2.24, 2.45) is 0 Å². The summed E-state index contributed by atoms with van der Waals surface area (Å²) in [7, 11) is 0. The molecule has 0 amide bonds. The fraction of sp³-hybridized carbons (Fsp3) is 0.375. The predicted octanol–water partition coefficient (Wildman–Crippen LogP) is 4.11. The van der Waals surface area contributed by atoms with E-state index in [0.717, 1.165) is 30.6 Å². The lowest BCUT2D eigenvalue weighted by Crippen LogP contribution is -1.99. The molecule has 0 spiro atoms. The molecule has 0 N–H and O–H groups in total. The first-order valence-corrected chi connectivity index (χ1v) is 7.90. The Kier molecular flexibility index (Phi) is 3.57. The molecule has 0 fully saturated rings. The van der Waals surface area contributed by atoms with Gasteiger partial charge in [-0.05, 0) is 49.9 Å². The third-order valence-corrected chi connectivity index (χ3v) is 4.59. The van der Waals surface area contributed by atoms with Crippen molar-refractivity contribution in [1.29, 1.82) is 0 Å². The summed E-state index contributed by atoms with van der Waals surface area (Å²) >= 11 is 1.76. The summed E-state index contributed by atoms with van der Waals surface area (Å²) in [5.41, 5.74) is 6.00. The zero-order chi connectivity index (χ0) is 14.1. The lowest BCUT2D eigenvalue weighted by atomic mass is 10.1. The van der Waals surface area contributed by atoms with Gasteiger partial charge in [-0.15, -0.1) is 11.3 Å². The van der Waals surface area contributed by atoms with E-state index in [4.69, 9.17) is 4.98 Å². The summed E-state index contributed by atoms with van der Waals surface area (Å²) in [5.74, 6) is 0. The highest BCUT2D eigenvalue weighted by atomic mass is 32.1. The Labute approximate surface area is 123 Å². The number of fused-ring (bicyclic) bond motifs is 1. The summed E-state index contributed by atoms with van der Waals surface area (Å²) in [4.78, 5) is 9.19. The van der Waals surface area contributed by atoms with Crippen LogP contribution in [0.5, 0.6) is 0 Å². The summed E-state index contributed by atoms with van der Waals surface area (Å²) in [5, 5.41) is 3.40. The van der Waals surface area contributed by atoms with Gasteiger partial charge in [0, 0.05) is 5.38 Å². The zero-order valence-corrected chi connectivity index (χ0v) is 13.0. The van der Waals surface area contributed by atoms with E-state index in [1.807, 2.05) is 6.33 Å². The van der Waals surface area contributed by atoms with Crippen LogP contribution in [0, 0.1) is 13.8 Å². The molecule has 3 aromatic rings. The maximum atomic E-state index is 4.69. The van der Waals surface area contributed by atoms with Gasteiger partial charge in [0.2, 0.25) is 0 Å². The molecule has 0 saturated heterocycles. The molecular formula is C16H19N3S. The Bertz CT molecular complexity index is 739. The number of rotatable bonds is 4. The van der Waals surface area contributed by atoms with Crippen LogP contribution in [0.15, 0.2) is 23.8 Å². The number of hydrogen-bond donors (Lipinski definition) is 0. The van der Waals surface area contributed by atoms with Gasteiger partial charge < -0.3 is 4.57 Å². The first kappa shape index (κ1) is 13.3. The van der Waals surface area contributed by atoms with Gasteiger partial charge in [-0.1, -0.05) is 6.92 Å². The van der Waals surface area contributed by atoms with Crippen LogP contribution in [0.1, 0.15) is 35.2 Å². The van der Waals surface area contributed by atoms with E-state index in [1.165, 1.54) is 21.7 Å². The average molecular weight is 285 g/mol. The van der Waals surface area contributed by atoms with E-state index in [2.05, 4.69) is 47.8 Å². The van der Waals surface area contributed by atoms with Crippen molar-refractivity contribution < 1.29 is 0 Å². The maximum Gasteiger partial charge on any atom is 0.0962 e. The van der Waals surface area contributed by atoms with E-state index in [0.29, 0.717) is 0 Å². The van der Waals surface area contributed by atoms with E-state index in [1.54, 1.807) is 11.3 Å². The average Bonchev–Trinajstić information content (AvgIpc) is 3.00. The van der Waals surface area contributed by atoms with Gasteiger partial charge in [-0.3, -0.25) is 0 Å². The molecule has 0 aliphatic rings. The second kappa shape index (κ2) is 5.37. The Balaban J connectivity index is 1.92. The first-order chi connectivity index (χ1) is 9.67. The quantitative estimate of drug-likeness (QED) is 0.722. The molecule has 0 bridgehead atoms. The Morgan fingerprint density at radius 1 is 1.20 bits per heavy atom. The van der Waals surface area contributed by atoms with Crippen molar-refractivity contribution in [2.45, 2.75) is 40.2 Å². The summed E-state index contributed by atoms with van der Waals surface area (Å²) in [6.07, 6.45) is 4.15. The van der Waals surface area contributed by atoms with Gasteiger partial charge >= 0.3 is 0 Å². The SMILES string of the molecule is CCCc1nc(Cn2cnc3cc(C)c(C)cc32)cs1. The van der Waals surface area contributed by atoms with Crippen molar-refractivity contribution in [2.75, 3.05) is 0 Å². The van der Waals surface area contributed by atoms with E-state index >= 15 is 0 Å². The molecule has 0 aliphatic heterocycles. The van der Waals surface area contributed by atoms with Crippen LogP contribution < -0.4 is 0 Å². The van der Waals surface area contributed by atoms with Crippen LogP contribution in [0.25, 0.3) is 11.0 Å². The highest BCUT2D eigenvalue weighted by molar-refractivity contribution is 7.09. The standard InChI is InChI=1S/C16H19N3S/c1-4-5-16-18-13(9-20-16)8-19-10-17-14-6-11(2)12(3)7-15(14)19/h6-7,9-10H,4-5,8H2,1-3H3. The van der Waals surface area contributed by atoms with Crippen LogP contribution in [-0.4, -0.2) is 14.5 Å². The van der Waals surface area contributed by atoms with Crippen LogP contribution in [0.2, 0.25) is 0 Å². The van der Waals surface area contributed by atoms with Gasteiger partial charge in [-0.2, -0.15) is 0 Å². The monoisotopic (exact) mass is 285 g/mol. The second-order valence-corrected chi connectivity index (χ2v) is 6.22. The van der Waals surface area contributed by atoms with Crippen molar-refractivity contribution in [1.82, 2.24) is 14.5 Å². The lowest BCUT2D eigenvalue weighted by Gasteiger charge is -2.04.